The van der Waals surface area contributed by atoms with E-state index in [2.05, 4.69) is 4.90 Å². The van der Waals surface area contributed by atoms with Gasteiger partial charge in [-0.1, -0.05) is 11.6 Å². The molecule has 0 spiro atoms. The predicted molar refractivity (Wildman–Crippen MR) is 113 cm³/mol. The molecule has 1 amide bonds. The minimum Gasteiger partial charge on any atom is -0.491 e. The van der Waals surface area contributed by atoms with Crippen LogP contribution >= 0.6 is 11.6 Å². The van der Waals surface area contributed by atoms with Crippen LogP contribution in [0.5, 0.6) is 11.5 Å². The molecule has 0 bridgehead atoms. The van der Waals surface area contributed by atoms with Crippen LogP contribution in [0.1, 0.15) is 12.5 Å². The SMILES string of the molecule is CCOc1cc(/C=C/C(=O)N2CCN(c3ccc(F)cc3)CC2)cc(Cl)c1OC. The molecule has 0 saturated carbocycles. The maximum atomic E-state index is 13.1. The van der Waals surface area contributed by atoms with E-state index in [4.69, 9.17) is 21.1 Å². The summed E-state index contributed by atoms with van der Waals surface area (Å²) in [5.74, 6) is 0.712. The minimum absolute atomic E-state index is 0.0614. The molecule has 29 heavy (non-hydrogen) atoms. The molecule has 0 atom stereocenters. The van der Waals surface area contributed by atoms with Gasteiger partial charge in [-0.2, -0.15) is 0 Å². The van der Waals surface area contributed by atoms with Crippen LogP contribution in [0.25, 0.3) is 6.08 Å². The highest BCUT2D eigenvalue weighted by Gasteiger charge is 2.20. The van der Waals surface area contributed by atoms with E-state index in [1.54, 1.807) is 41.3 Å². The summed E-state index contributed by atoms with van der Waals surface area (Å²) in [6.45, 7) is 4.98. The Labute approximate surface area is 175 Å². The number of ether oxygens (including phenoxy) is 2. The third-order valence-corrected chi connectivity index (χ3v) is 5.02. The van der Waals surface area contributed by atoms with Crippen LogP contribution in [0.15, 0.2) is 42.5 Å². The first-order valence-electron chi connectivity index (χ1n) is 9.49. The summed E-state index contributed by atoms with van der Waals surface area (Å²) < 4.78 is 23.9. The van der Waals surface area contributed by atoms with Crippen molar-refractivity contribution in [3.8, 4) is 11.5 Å². The average Bonchev–Trinajstić information content (AvgIpc) is 2.73. The van der Waals surface area contributed by atoms with E-state index in [0.29, 0.717) is 49.3 Å². The maximum absolute atomic E-state index is 13.1. The van der Waals surface area contributed by atoms with Crippen molar-refractivity contribution in [2.45, 2.75) is 6.92 Å². The van der Waals surface area contributed by atoms with Gasteiger partial charge in [0.05, 0.1) is 18.7 Å². The van der Waals surface area contributed by atoms with Crippen molar-refractivity contribution < 1.29 is 18.7 Å². The van der Waals surface area contributed by atoms with Crippen LogP contribution in [0.2, 0.25) is 5.02 Å². The monoisotopic (exact) mass is 418 g/mol. The molecule has 1 saturated heterocycles. The molecule has 1 aliphatic heterocycles. The second kappa shape index (κ2) is 9.65. The second-order valence-electron chi connectivity index (χ2n) is 6.59. The number of amides is 1. The molecule has 0 unspecified atom stereocenters. The lowest BCUT2D eigenvalue weighted by Crippen LogP contribution is -2.48. The zero-order valence-corrected chi connectivity index (χ0v) is 17.3. The molecule has 1 aliphatic rings. The molecule has 1 heterocycles. The number of hydrogen-bond acceptors (Lipinski definition) is 4. The molecule has 0 aromatic heterocycles. The first-order chi connectivity index (χ1) is 14.0. The number of nitrogens with zero attached hydrogens (tertiary/aromatic N) is 2. The summed E-state index contributed by atoms with van der Waals surface area (Å²) in [4.78, 5) is 16.5. The second-order valence-corrected chi connectivity index (χ2v) is 7.00. The molecular weight excluding hydrogens is 395 g/mol. The van der Waals surface area contributed by atoms with Gasteiger partial charge in [-0.25, -0.2) is 4.39 Å². The molecular formula is C22H24ClFN2O3. The van der Waals surface area contributed by atoms with Gasteiger partial charge in [0.25, 0.3) is 0 Å². The third kappa shape index (κ3) is 5.21. The Morgan fingerprint density at radius 1 is 1.17 bits per heavy atom. The number of anilines is 1. The number of carbonyl (C=O) groups excluding carboxylic acids is 1. The molecule has 2 aromatic carbocycles. The molecule has 7 heteroatoms. The minimum atomic E-state index is -0.251. The normalized spacial score (nSPS) is 14.3. The molecule has 154 valence electrons. The zero-order chi connectivity index (χ0) is 20.8. The van der Waals surface area contributed by atoms with Gasteiger partial charge in [-0.3, -0.25) is 4.79 Å². The van der Waals surface area contributed by atoms with Crippen molar-refractivity contribution in [3.63, 3.8) is 0 Å². The van der Waals surface area contributed by atoms with E-state index in [9.17, 15) is 9.18 Å². The molecule has 3 rings (SSSR count). The van der Waals surface area contributed by atoms with Gasteiger partial charge >= 0.3 is 0 Å². The molecule has 1 fully saturated rings. The topological polar surface area (TPSA) is 42.0 Å². The lowest BCUT2D eigenvalue weighted by Gasteiger charge is -2.35. The quantitative estimate of drug-likeness (QED) is 0.658. The number of benzene rings is 2. The standard InChI is InChI=1S/C22H24ClFN2O3/c1-3-29-20-15-16(14-19(23)22(20)28-2)4-9-21(27)26-12-10-25(11-13-26)18-7-5-17(24)6-8-18/h4-9,14-15H,3,10-13H2,1-2H3/b9-4+. The molecule has 0 N–H and O–H groups in total. The van der Waals surface area contributed by atoms with E-state index in [1.807, 2.05) is 6.92 Å². The first-order valence-corrected chi connectivity index (χ1v) is 9.87. The van der Waals surface area contributed by atoms with Crippen LogP contribution in [-0.4, -0.2) is 50.7 Å². The van der Waals surface area contributed by atoms with Gasteiger partial charge in [-0.05, 0) is 55.0 Å². The summed E-state index contributed by atoms with van der Waals surface area (Å²) in [6, 6.07) is 9.95. The predicted octanol–water partition coefficient (Wildman–Crippen LogP) is 4.25. The molecule has 2 aromatic rings. The number of piperazine rings is 1. The highest BCUT2D eigenvalue weighted by atomic mass is 35.5. The fourth-order valence-corrected chi connectivity index (χ4v) is 3.55. The van der Waals surface area contributed by atoms with Crippen molar-refractivity contribution in [2.75, 3.05) is 44.8 Å². The molecule has 0 radical (unpaired) electrons. The Kier molecular flexibility index (Phi) is 6.99. The number of rotatable bonds is 6. The lowest BCUT2D eigenvalue weighted by molar-refractivity contribution is -0.126. The number of hydrogen-bond donors (Lipinski definition) is 0. The van der Waals surface area contributed by atoms with E-state index in [0.717, 1.165) is 11.3 Å². The highest BCUT2D eigenvalue weighted by Crippen LogP contribution is 2.36. The smallest absolute Gasteiger partial charge is 0.246 e. The van der Waals surface area contributed by atoms with Gasteiger partial charge in [-0.15, -0.1) is 0 Å². The Morgan fingerprint density at radius 3 is 2.48 bits per heavy atom. The maximum Gasteiger partial charge on any atom is 0.246 e. The van der Waals surface area contributed by atoms with Crippen LogP contribution in [0.3, 0.4) is 0 Å². The first kappa shape index (κ1) is 21.0. The van der Waals surface area contributed by atoms with Crippen molar-refractivity contribution >= 4 is 29.3 Å². The fourth-order valence-electron chi connectivity index (χ4n) is 3.26. The summed E-state index contributed by atoms with van der Waals surface area (Å²) in [5, 5.41) is 0.429. The van der Waals surface area contributed by atoms with Crippen molar-refractivity contribution in [1.82, 2.24) is 4.90 Å². The van der Waals surface area contributed by atoms with E-state index in [-0.39, 0.29) is 11.7 Å². The summed E-state index contributed by atoms with van der Waals surface area (Å²) in [7, 11) is 1.54. The van der Waals surface area contributed by atoms with Crippen LogP contribution in [-0.2, 0) is 4.79 Å². The summed E-state index contributed by atoms with van der Waals surface area (Å²) in [5.41, 5.74) is 1.72. The van der Waals surface area contributed by atoms with Gasteiger partial charge in [0.2, 0.25) is 5.91 Å². The van der Waals surface area contributed by atoms with Crippen LogP contribution < -0.4 is 14.4 Å². The average molecular weight is 419 g/mol. The van der Waals surface area contributed by atoms with Gasteiger partial charge < -0.3 is 19.3 Å². The lowest BCUT2D eigenvalue weighted by atomic mass is 10.1. The van der Waals surface area contributed by atoms with Crippen LogP contribution in [0.4, 0.5) is 10.1 Å². The Morgan fingerprint density at radius 2 is 1.86 bits per heavy atom. The largest absolute Gasteiger partial charge is 0.491 e. The van der Waals surface area contributed by atoms with Gasteiger partial charge in [0, 0.05) is 37.9 Å². The Hall–Kier alpha value is -2.73. The Balaban J connectivity index is 1.62. The number of halogens is 2. The highest BCUT2D eigenvalue weighted by molar-refractivity contribution is 6.32. The number of carbonyl (C=O) groups is 1. The third-order valence-electron chi connectivity index (χ3n) is 4.74. The van der Waals surface area contributed by atoms with Crippen molar-refractivity contribution in [2.24, 2.45) is 0 Å². The summed E-state index contributed by atoms with van der Waals surface area (Å²) in [6.07, 6.45) is 3.27. The summed E-state index contributed by atoms with van der Waals surface area (Å²) >= 11 is 6.26. The zero-order valence-electron chi connectivity index (χ0n) is 16.5. The molecule has 5 nitrogen and oxygen atoms in total. The van der Waals surface area contributed by atoms with Gasteiger partial charge in [0.15, 0.2) is 11.5 Å². The fraction of sp³-hybridized carbons (Fsp3) is 0.318. The van der Waals surface area contributed by atoms with Crippen LogP contribution in [0, 0.1) is 5.82 Å². The van der Waals surface area contributed by atoms with E-state index < -0.39 is 0 Å². The molecule has 0 aliphatic carbocycles. The van der Waals surface area contributed by atoms with Crippen molar-refractivity contribution in [3.05, 3.63) is 58.9 Å². The van der Waals surface area contributed by atoms with E-state index >= 15 is 0 Å². The van der Waals surface area contributed by atoms with Gasteiger partial charge in [0.1, 0.15) is 5.82 Å². The van der Waals surface area contributed by atoms with E-state index in [1.165, 1.54) is 19.2 Å². The number of methoxy groups -OCH3 is 1. The van der Waals surface area contributed by atoms with Crippen molar-refractivity contribution in [1.29, 1.82) is 0 Å². The Bertz CT molecular complexity index is 878.